The van der Waals surface area contributed by atoms with Crippen molar-refractivity contribution in [1.29, 1.82) is 0 Å². The molecule has 4 nitrogen and oxygen atoms in total. The van der Waals surface area contributed by atoms with Gasteiger partial charge in [-0.25, -0.2) is 0 Å². The first-order valence-corrected chi connectivity index (χ1v) is 5.01. The number of rotatable bonds is 4. The van der Waals surface area contributed by atoms with E-state index < -0.39 is 5.97 Å². The van der Waals surface area contributed by atoms with E-state index in [1.54, 1.807) is 13.0 Å². The molecular weight excluding hydrogens is 250 g/mol. The van der Waals surface area contributed by atoms with Crippen molar-refractivity contribution in [1.82, 2.24) is 0 Å². The average Bonchev–Trinajstić information content (AvgIpc) is 2.41. The Hall–Kier alpha value is -0.810. The van der Waals surface area contributed by atoms with Crippen LogP contribution >= 0.6 is 15.9 Å². The number of carboxylic acids is 1. The summed E-state index contributed by atoms with van der Waals surface area (Å²) in [7, 11) is 0. The SMILES string of the molecule is Cc1oc(Br)cc1C(CN)CC(=O)O. The van der Waals surface area contributed by atoms with Gasteiger partial charge in [0.25, 0.3) is 0 Å². The Labute approximate surface area is 90.2 Å². The first-order chi connectivity index (χ1) is 6.54. The lowest BCUT2D eigenvalue weighted by molar-refractivity contribution is -0.137. The second kappa shape index (κ2) is 4.61. The molecule has 0 amide bonds. The quantitative estimate of drug-likeness (QED) is 0.868. The Morgan fingerprint density at radius 3 is 2.79 bits per heavy atom. The van der Waals surface area contributed by atoms with Crippen molar-refractivity contribution in [2.45, 2.75) is 19.3 Å². The van der Waals surface area contributed by atoms with E-state index in [-0.39, 0.29) is 12.3 Å². The Kier molecular flexibility index (Phi) is 3.71. The van der Waals surface area contributed by atoms with Crippen LogP contribution < -0.4 is 5.73 Å². The highest BCUT2D eigenvalue weighted by Crippen LogP contribution is 2.28. The van der Waals surface area contributed by atoms with Crippen LogP contribution in [0.2, 0.25) is 0 Å². The molecular formula is C9H12BrNO3. The van der Waals surface area contributed by atoms with Crippen LogP contribution in [-0.4, -0.2) is 17.6 Å². The van der Waals surface area contributed by atoms with Gasteiger partial charge in [-0.3, -0.25) is 4.79 Å². The maximum absolute atomic E-state index is 10.6. The molecule has 0 aliphatic carbocycles. The van der Waals surface area contributed by atoms with Gasteiger partial charge in [-0.2, -0.15) is 0 Å². The van der Waals surface area contributed by atoms with Crippen molar-refractivity contribution in [2.75, 3.05) is 6.54 Å². The molecule has 0 fully saturated rings. The molecule has 1 rings (SSSR count). The highest BCUT2D eigenvalue weighted by atomic mass is 79.9. The number of hydrogen-bond acceptors (Lipinski definition) is 3. The second-order valence-electron chi connectivity index (χ2n) is 3.09. The Bertz CT molecular complexity index is 335. The molecule has 1 aromatic rings. The highest BCUT2D eigenvalue weighted by molar-refractivity contribution is 9.10. The zero-order chi connectivity index (χ0) is 10.7. The molecule has 0 aliphatic rings. The highest BCUT2D eigenvalue weighted by Gasteiger charge is 2.18. The zero-order valence-corrected chi connectivity index (χ0v) is 9.37. The summed E-state index contributed by atoms with van der Waals surface area (Å²) in [6.07, 6.45) is 0.0311. The van der Waals surface area contributed by atoms with Gasteiger partial charge < -0.3 is 15.3 Å². The first-order valence-electron chi connectivity index (χ1n) is 4.22. The maximum Gasteiger partial charge on any atom is 0.304 e. The first kappa shape index (κ1) is 11.3. The third-order valence-corrected chi connectivity index (χ3v) is 2.46. The minimum Gasteiger partial charge on any atom is -0.481 e. The van der Waals surface area contributed by atoms with Crippen molar-refractivity contribution in [2.24, 2.45) is 5.73 Å². The van der Waals surface area contributed by atoms with Crippen molar-refractivity contribution in [3.8, 4) is 0 Å². The van der Waals surface area contributed by atoms with Crippen molar-refractivity contribution >= 4 is 21.9 Å². The van der Waals surface area contributed by atoms with Gasteiger partial charge in [-0.15, -0.1) is 0 Å². The predicted molar refractivity (Wildman–Crippen MR) is 55.2 cm³/mol. The molecule has 5 heteroatoms. The molecule has 0 saturated heterocycles. The molecule has 14 heavy (non-hydrogen) atoms. The van der Waals surface area contributed by atoms with E-state index in [1.165, 1.54) is 0 Å². The van der Waals surface area contributed by atoms with Crippen LogP contribution in [0.15, 0.2) is 15.2 Å². The molecule has 1 unspecified atom stereocenters. The van der Waals surface area contributed by atoms with Gasteiger partial charge in [0.2, 0.25) is 0 Å². The third kappa shape index (κ3) is 2.59. The monoisotopic (exact) mass is 261 g/mol. The van der Waals surface area contributed by atoms with Crippen LogP contribution in [-0.2, 0) is 4.79 Å². The lowest BCUT2D eigenvalue weighted by Crippen LogP contribution is -2.16. The van der Waals surface area contributed by atoms with E-state index in [4.69, 9.17) is 15.3 Å². The standard InChI is InChI=1S/C9H12BrNO3/c1-5-7(3-8(10)14-5)6(4-11)2-9(12)13/h3,6H,2,4,11H2,1H3,(H,12,13). The summed E-state index contributed by atoms with van der Waals surface area (Å²) in [5.41, 5.74) is 6.37. The molecule has 1 heterocycles. The number of hydrogen-bond donors (Lipinski definition) is 2. The third-order valence-electron chi connectivity index (χ3n) is 2.07. The molecule has 0 aliphatic heterocycles. The number of carbonyl (C=O) groups is 1. The number of aryl methyl sites for hydroxylation is 1. The van der Waals surface area contributed by atoms with Gasteiger partial charge in [0.1, 0.15) is 5.76 Å². The smallest absolute Gasteiger partial charge is 0.304 e. The summed E-state index contributed by atoms with van der Waals surface area (Å²) < 4.78 is 5.85. The fourth-order valence-corrected chi connectivity index (χ4v) is 1.88. The maximum atomic E-state index is 10.6. The molecule has 1 atom stereocenters. The molecule has 0 spiro atoms. The second-order valence-corrected chi connectivity index (χ2v) is 3.87. The molecule has 3 N–H and O–H groups in total. The summed E-state index contributed by atoms with van der Waals surface area (Å²) in [4.78, 5) is 10.6. The number of aliphatic carboxylic acids is 1. The van der Waals surface area contributed by atoms with Gasteiger partial charge in [0.05, 0.1) is 6.42 Å². The number of halogens is 1. The molecule has 0 bridgehead atoms. The minimum absolute atomic E-state index is 0.0311. The van der Waals surface area contributed by atoms with Gasteiger partial charge in [0, 0.05) is 5.92 Å². The Morgan fingerprint density at radius 2 is 2.43 bits per heavy atom. The number of nitrogens with two attached hydrogens (primary N) is 1. The van der Waals surface area contributed by atoms with Gasteiger partial charge >= 0.3 is 5.97 Å². The van der Waals surface area contributed by atoms with E-state index in [2.05, 4.69) is 15.9 Å². The Balaban J connectivity index is 2.88. The van der Waals surface area contributed by atoms with Gasteiger partial charge in [-0.1, -0.05) is 0 Å². The van der Waals surface area contributed by atoms with E-state index >= 15 is 0 Å². The molecule has 0 saturated carbocycles. The normalized spacial score (nSPS) is 12.8. The molecule has 1 aromatic heterocycles. The van der Waals surface area contributed by atoms with Crippen LogP contribution in [0.1, 0.15) is 23.7 Å². The summed E-state index contributed by atoms with van der Waals surface area (Å²) in [6.45, 7) is 2.10. The molecule has 78 valence electrons. The fraction of sp³-hybridized carbons (Fsp3) is 0.444. The van der Waals surface area contributed by atoms with Crippen LogP contribution in [0, 0.1) is 6.92 Å². The summed E-state index contributed by atoms with van der Waals surface area (Å²) >= 11 is 3.19. The van der Waals surface area contributed by atoms with Crippen molar-refractivity contribution < 1.29 is 14.3 Å². The summed E-state index contributed by atoms with van der Waals surface area (Å²) in [6, 6.07) is 1.77. The molecule has 0 radical (unpaired) electrons. The average molecular weight is 262 g/mol. The minimum atomic E-state index is -0.850. The van der Waals surface area contributed by atoms with Crippen LogP contribution in [0.25, 0.3) is 0 Å². The fourth-order valence-electron chi connectivity index (χ4n) is 1.39. The van der Waals surface area contributed by atoms with Crippen molar-refractivity contribution in [3.63, 3.8) is 0 Å². The van der Waals surface area contributed by atoms with E-state index in [9.17, 15) is 4.79 Å². The lowest BCUT2D eigenvalue weighted by atomic mass is 9.96. The summed E-state index contributed by atoms with van der Waals surface area (Å²) in [5, 5.41) is 8.68. The van der Waals surface area contributed by atoms with Crippen LogP contribution in [0.3, 0.4) is 0 Å². The van der Waals surface area contributed by atoms with Gasteiger partial charge in [0.15, 0.2) is 4.67 Å². The largest absolute Gasteiger partial charge is 0.481 e. The Morgan fingerprint density at radius 1 is 1.79 bits per heavy atom. The number of carboxylic acid groups (broad SMARTS) is 1. The van der Waals surface area contributed by atoms with Crippen LogP contribution in [0.5, 0.6) is 0 Å². The topological polar surface area (TPSA) is 76.5 Å². The van der Waals surface area contributed by atoms with Crippen molar-refractivity contribution in [3.05, 3.63) is 22.1 Å². The summed E-state index contributed by atoms with van der Waals surface area (Å²) in [5.74, 6) is -0.312. The molecule has 0 aromatic carbocycles. The lowest BCUT2D eigenvalue weighted by Gasteiger charge is -2.10. The van der Waals surface area contributed by atoms with E-state index in [0.29, 0.717) is 17.0 Å². The van der Waals surface area contributed by atoms with E-state index in [1.807, 2.05) is 0 Å². The van der Waals surface area contributed by atoms with E-state index in [0.717, 1.165) is 5.56 Å². The zero-order valence-electron chi connectivity index (χ0n) is 7.79. The van der Waals surface area contributed by atoms with Crippen LogP contribution in [0.4, 0.5) is 0 Å². The number of furan rings is 1. The predicted octanol–water partition coefficient (Wildman–Crippen LogP) is 1.87. The van der Waals surface area contributed by atoms with Gasteiger partial charge in [-0.05, 0) is 41.0 Å².